The third-order valence-corrected chi connectivity index (χ3v) is 13.7. The maximum absolute atomic E-state index is 12.9. The topological polar surface area (TPSA) is 78.9 Å². The molecule has 0 amide bonds. The summed E-state index contributed by atoms with van der Waals surface area (Å²) in [6.07, 6.45) is 76.7. The largest absolute Gasteiger partial charge is 0.462 e. The number of rotatable bonds is 57. The number of hydrogen-bond acceptors (Lipinski definition) is 6. The Bertz CT molecular complexity index is 1290. The van der Waals surface area contributed by atoms with Crippen molar-refractivity contribution in [2.45, 2.75) is 329 Å². The van der Waals surface area contributed by atoms with Crippen LogP contribution in [0.1, 0.15) is 323 Å². The van der Waals surface area contributed by atoms with E-state index in [0.29, 0.717) is 19.3 Å². The summed E-state index contributed by atoms with van der Waals surface area (Å²) in [7, 11) is 0. The lowest BCUT2D eigenvalue weighted by Crippen LogP contribution is -2.30. The van der Waals surface area contributed by atoms with Crippen molar-refractivity contribution in [3.63, 3.8) is 0 Å². The molecule has 0 N–H and O–H groups in total. The first kappa shape index (κ1) is 69.1. The quantitative estimate of drug-likeness (QED) is 0.0261. The molecule has 0 heterocycles. The van der Waals surface area contributed by atoms with Crippen LogP contribution in [0.4, 0.5) is 0 Å². The molecule has 0 aromatic rings. The van der Waals surface area contributed by atoms with E-state index < -0.39 is 6.10 Å². The van der Waals surface area contributed by atoms with E-state index >= 15 is 0 Å². The second-order valence-electron chi connectivity index (χ2n) is 20.9. The smallest absolute Gasteiger partial charge is 0.306 e. The molecule has 72 heavy (non-hydrogen) atoms. The Hall–Kier alpha value is -2.89. The van der Waals surface area contributed by atoms with Crippen LogP contribution in [0.2, 0.25) is 0 Å². The maximum Gasteiger partial charge on any atom is 0.306 e. The van der Waals surface area contributed by atoms with E-state index in [9.17, 15) is 14.4 Å². The van der Waals surface area contributed by atoms with E-state index in [1.54, 1.807) is 0 Å². The van der Waals surface area contributed by atoms with E-state index in [-0.39, 0.29) is 31.1 Å². The van der Waals surface area contributed by atoms with Gasteiger partial charge in [-0.2, -0.15) is 0 Å². The van der Waals surface area contributed by atoms with Crippen molar-refractivity contribution in [2.24, 2.45) is 0 Å². The SMILES string of the molecule is CC/C=C\C/C=C\C/C=C\C/C=C\CCCCCCCCCCCCCCCCC(=O)OCC(COC(=O)CCCCCCC/C=C\CCC)OC(=O)CCCCCCCCCCCCCCCCCCC. The molecule has 6 nitrogen and oxygen atoms in total. The van der Waals surface area contributed by atoms with Crippen LogP contribution < -0.4 is 0 Å². The Morgan fingerprint density at radius 2 is 0.569 bits per heavy atom. The number of allylic oxidation sites excluding steroid dienone is 10. The third-order valence-electron chi connectivity index (χ3n) is 13.7. The highest BCUT2D eigenvalue weighted by Gasteiger charge is 2.19. The molecule has 1 unspecified atom stereocenters. The molecule has 0 saturated heterocycles. The van der Waals surface area contributed by atoms with Crippen LogP contribution in [0.25, 0.3) is 0 Å². The molecule has 0 saturated carbocycles. The Labute approximate surface area is 447 Å². The van der Waals surface area contributed by atoms with Gasteiger partial charge in [-0.3, -0.25) is 14.4 Å². The molecule has 1 atom stereocenters. The first-order chi connectivity index (χ1) is 35.5. The molecular formula is C66H118O6. The highest BCUT2D eigenvalue weighted by molar-refractivity contribution is 5.71. The predicted molar refractivity (Wildman–Crippen MR) is 312 cm³/mol. The lowest BCUT2D eigenvalue weighted by atomic mass is 10.0. The van der Waals surface area contributed by atoms with Gasteiger partial charge in [0.2, 0.25) is 0 Å². The van der Waals surface area contributed by atoms with Gasteiger partial charge in [-0.25, -0.2) is 0 Å². The summed E-state index contributed by atoms with van der Waals surface area (Å²) in [5, 5.41) is 0. The van der Waals surface area contributed by atoms with Crippen LogP contribution in [0.15, 0.2) is 60.8 Å². The molecule has 0 rings (SSSR count). The van der Waals surface area contributed by atoms with Crippen LogP contribution in [0, 0.1) is 0 Å². The Kier molecular flexibility index (Phi) is 58.2. The Morgan fingerprint density at radius 3 is 0.917 bits per heavy atom. The van der Waals surface area contributed by atoms with Crippen LogP contribution in [-0.2, 0) is 28.6 Å². The van der Waals surface area contributed by atoms with Crippen LogP contribution >= 0.6 is 0 Å². The second-order valence-corrected chi connectivity index (χ2v) is 20.9. The van der Waals surface area contributed by atoms with Crippen LogP contribution in [-0.4, -0.2) is 37.2 Å². The first-order valence-corrected chi connectivity index (χ1v) is 31.3. The van der Waals surface area contributed by atoms with Crippen molar-refractivity contribution >= 4 is 17.9 Å². The summed E-state index contributed by atoms with van der Waals surface area (Å²) in [6, 6.07) is 0. The molecule has 0 aromatic carbocycles. The summed E-state index contributed by atoms with van der Waals surface area (Å²) in [4.78, 5) is 38.2. The zero-order valence-electron chi connectivity index (χ0n) is 47.9. The summed E-state index contributed by atoms with van der Waals surface area (Å²) in [6.45, 7) is 6.50. The second kappa shape index (κ2) is 60.7. The minimum atomic E-state index is -0.774. The highest BCUT2D eigenvalue weighted by atomic mass is 16.6. The molecule has 0 bridgehead atoms. The van der Waals surface area contributed by atoms with Crippen molar-refractivity contribution in [1.29, 1.82) is 0 Å². The monoisotopic (exact) mass is 1010 g/mol. The third kappa shape index (κ3) is 58.0. The molecule has 0 aromatic heterocycles. The number of unbranched alkanes of at least 4 members (excludes halogenated alkanes) is 36. The predicted octanol–water partition coefficient (Wildman–Crippen LogP) is 21.2. The average molecular weight is 1010 g/mol. The fraction of sp³-hybridized carbons (Fsp3) is 0.803. The van der Waals surface area contributed by atoms with Gasteiger partial charge < -0.3 is 14.2 Å². The van der Waals surface area contributed by atoms with Gasteiger partial charge in [-0.05, 0) is 77.0 Å². The van der Waals surface area contributed by atoms with Crippen molar-refractivity contribution < 1.29 is 28.6 Å². The van der Waals surface area contributed by atoms with Gasteiger partial charge >= 0.3 is 17.9 Å². The van der Waals surface area contributed by atoms with Gasteiger partial charge in [0.1, 0.15) is 13.2 Å². The zero-order chi connectivity index (χ0) is 52.2. The van der Waals surface area contributed by atoms with Gasteiger partial charge in [-0.15, -0.1) is 0 Å². The van der Waals surface area contributed by atoms with Gasteiger partial charge in [0.05, 0.1) is 0 Å². The van der Waals surface area contributed by atoms with Crippen molar-refractivity contribution in [1.82, 2.24) is 0 Å². The van der Waals surface area contributed by atoms with Crippen molar-refractivity contribution in [3.8, 4) is 0 Å². The van der Waals surface area contributed by atoms with E-state index in [1.807, 2.05) is 0 Å². The molecule has 0 aliphatic heterocycles. The van der Waals surface area contributed by atoms with Crippen molar-refractivity contribution in [3.05, 3.63) is 60.8 Å². The minimum Gasteiger partial charge on any atom is -0.462 e. The first-order valence-electron chi connectivity index (χ1n) is 31.3. The van der Waals surface area contributed by atoms with Crippen LogP contribution in [0.5, 0.6) is 0 Å². The average Bonchev–Trinajstić information content (AvgIpc) is 3.38. The standard InChI is InChI=1S/C66H118O6/c1-4-7-10-13-16-19-22-24-26-28-29-30-31-32-33-34-35-36-37-39-40-42-44-47-50-53-56-59-65(68)71-62-63(61-70-64(67)58-55-52-49-46-21-18-15-12-9-6-3)72-66(69)60-57-54-51-48-45-43-41-38-27-25-23-20-17-14-11-8-5-2/h7,10,12,15-16,19,24,26,29-30,63H,4-6,8-9,11,13-14,17-18,20-23,25,27-28,31-62H2,1-3H3/b10-7-,15-12-,19-16-,26-24-,30-29-. The van der Waals surface area contributed by atoms with Crippen LogP contribution in [0.3, 0.4) is 0 Å². The molecule has 6 heteroatoms. The molecule has 0 aliphatic rings. The van der Waals surface area contributed by atoms with E-state index in [0.717, 1.165) is 96.3 Å². The summed E-state index contributed by atoms with van der Waals surface area (Å²) in [5.74, 6) is -0.868. The number of carbonyl (C=O) groups is 3. The fourth-order valence-electron chi connectivity index (χ4n) is 9.09. The van der Waals surface area contributed by atoms with Crippen molar-refractivity contribution in [2.75, 3.05) is 13.2 Å². The number of carbonyl (C=O) groups excluding carboxylic acids is 3. The zero-order valence-corrected chi connectivity index (χ0v) is 47.9. The number of hydrogen-bond donors (Lipinski definition) is 0. The molecule has 0 spiro atoms. The molecule has 0 fully saturated rings. The summed E-state index contributed by atoms with van der Waals surface area (Å²) < 4.78 is 16.9. The van der Waals surface area contributed by atoms with Gasteiger partial charge in [0.15, 0.2) is 6.10 Å². The Balaban J connectivity index is 4.17. The Morgan fingerprint density at radius 1 is 0.292 bits per heavy atom. The number of ether oxygens (including phenoxy) is 3. The van der Waals surface area contributed by atoms with E-state index in [2.05, 4.69) is 81.5 Å². The molecule has 0 radical (unpaired) electrons. The lowest BCUT2D eigenvalue weighted by molar-refractivity contribution is -0.167. The minimum absolute atomic E-state index is 0.0731. The molecule has 0 aliphatic carbocycles. The summed E-state index contributed by atoms with van der Waals surface area (Å²) >= 11 is 0. The van der Waals surface area contributed by atoms with Gasteiger partial charge in [0.25, 0.3) is 0 Å². The normalized spacial score (nSPS) is 12.4. The highest BCUT2D eigenvalue weighted by Crippen LogP contribution is 2.17. The molecular weight excluding hydrogens is 889 g/mol. The van der Waals surface area contributed by atoms with Gasteiger partial charge in [-0.1, -0.05) is 287 Å². The lowest BCUT2D eigenvalue weighted by Gasteiger charge is -2.18. The fourth-order valence-corrected chi connectivity index (χ4v) is 9.09. The van der Waals surface area contributed by atoms with E-state index in [1.165, 1.54) is 186 Å². The number of esters is 3. The van der Waals surface area contributed by atoms with Gasteiger partial charge in [0, 0.05) is 19.3 Å². The summed E-state index contributed by atoms with van der Waals surface area (Å²) in [5.41, 5.74) is 0. The maximum atomic E-state index is 12.9. The van der Waals surface area contributed by atoms with E-state index in [4.69, 9.17) is 14.2 Å². The molecule has 418 valence electrons.